The molecule has 1 fully saturated rings. The first-order valence-corrected chi connectivity index (χ1v) is 8.19. The van der Waals surface area contributed by atoms with Gasteiger partial charge in [0.2, 0.25) is 0 Å². The first-order chi connectivity index (χ1) is 8.65. The average molecular weight is 264 g/mol. The molecule has 2 nitrogen and oxygen atoms in total. The van der Waals surface area contributed by atoms with Gasteiger partial charge in [-0.2, -0.15) is 0 Å². The zero-order chi connectivity index (χ0) is 12.7. The number of aromatic nitrogens is 1. The fourth-order valence-electron chi connectivity index (χ4n) is 2.93. The normalized spacial score (nSPS) is 30.6. The molecular formula is C15H24N2S. The van der Waals surface area contributed by atoms with Crippen LogP contribution in [-0.4, -0.2) is 17.6 Å². The Kier molecular flexibility index (Phi) is 3.46. The van der Waals surface area contributed by atoms with Crippen LogP contribution in [0.3, 0.4) is 0 Å². The summed E-state index contributed by atoms with van der Waals surface area (Å²) in [6.45, 7) is 7.90. The van der Waals surface area contributed by atoms with E-state index in [0.717, 1.165) is 18.4 Å². The maximum Gasteiger partial charge on any atom is 0.0964 e. The van der Waals surface area contributed by atoms with Crippen LogP contribution < -0.4 is 5.32 Å². The van der Waals surface area contributed by atoms with Crippen molar-refractivity contribution in [2.75, 3.05) is 6.54 Å². The first kappa shape index (κ1) is 12.6. The van der Waals surface area contributed by atoms with Crippen molar-refractivity contribution in [2.24, 2.45) is 5.92 Å². The molecular weight excluding hydrogens is 240 g/mol. The molecule has 3 atom stereocenters. The summed E-state index contributed by atoms with van der Waals surface area (Å²) in [6.07, 6.45) is 5.29. The SMILES string of the molecule is CC(C)NCC1CCCc2sc(C3CC3C)nc21. The minimum Gasteiger partial charge on any atom is -0.314 e. The van der Waals surface area contributed by atoms with Crippen LogP contribution in [0, 0.1) is 5.92 Å². The Hall–Kier alpha value is -0.410. The minimum atomic E-state index is 0.580. The number of rotatable bonds is 4. The van der Waals surface area contributed by atoms with Crippen molar-refractivity contribution in [1.29, 1.82) is 0 Å². The number of nitrogens with zero attached hydrogens (tertiary/aromatic N) is 1. The quantitative estimate of drug-likeness (QED) is 0.897. The number of fused-ring (bicyclic) bond motifs is 1. The minimum absolute atomic E-state index is 0.580. The van der Waals surface area contributed by atoms with Gasteiger partial charge in [0.1, 0.15) is 0 Å². The Balaban J connectivity index is 1.75. The molecule has 100 valence electrons. The zero-order valence-electron chi connectivity index (χ0n) is 11.7. The molecule has 0 saturated heterocycles. The molecule has 1 heterocycles. The van der Waals surface area contributed by atoms with Crippen molar-refractivity contribution in [3.63, 3.8) is 0 Å². The largest absolute Gasteiger partial charge is 0.314 e. The first-order valence-electron chi connectivity index (χ1n) is 7.38. The zero-order valence-corrected chi connectivity index (χ0v) is 12.5. The van der Waals surface area contributed by atoms with E-state index in [4.69, 9.17) is 4.98 Å². The molecule has 0 aromatic carbocycles. The van der Waals surface area contributed by atoms with E-state index >= 15 is 0 Å². The average Bonchev–Trinajstić information content (AvgIpc) is 2.90. The van der Waals surface area contributed by atoms with Gasteiger partial charge in [0.05, 0.1) is 10.7 Å². The van der Waals surface area contributed by atoms with Gasteiger partial charge in [-0.3, -0.25) is 0 Å². The molecule has 1 aromatic heterocycles. The van der Waals surface area contributed by atoms with Crippen molar-refractivity contribution >= 4 is 11.3 Å². The second-order valence-corrected chi connectivity index (χ2v) is 7.45. The van der Waals surface area contributed by atoms with E-state index in [1.807, 2.05) is 11.3 Å². The second-order valence-electron chi connectivity index (χ2n) is 6.33. The van der Waals surface area contributed by atoms with E-state index in [-0.39, 0.29) is 0 Å². The summed E-state index contributed by atoms with van der Waals surface area (Å²) >= 11 is 2.01. The highest BCUT2D eigenvalue weighted by molar-refractivity contribution is 7.11. The molecule has 18 heavy (non-hydrogen) atoms. The lowest BCUT2D eigenvalue weighted by atomic mass is 9.91. The lowest BCUT2D eigenvalue weighted by molar-refractivity contribution is 0.474. The van der Waals surface area contributed by atoms with Crippen LogP contribution in [0.5, 0.6) is 0 Å². The fourth-order valence-corrected chi connectivity index (χ4v) is 4.37. The summed E-state index contributed by atoms with van der Waals surface area (Å²) in [5.74, 6) is 2.33. The highest BCUT2D eigenvalue weighted by atomic mass is 32.1. The number of hydrogen-bond donors (Lipinski definition) is 1. The van der Waals surface area contributed by atoms with E-state index in [1.54, 1.807) is 4.88 Å². The molecule has 0 spiro atoms. The molecule has 1 saturated carbocycles. The van der Waals surface area contributed by atoms with Crippen molar-refractivity contribution in [3.8, 4) is 0 Å². The third kappa shape index (κ3) is 2.48. The predicted octanol–water partition coefficient (Wildman–Crippen LogP) is 3.68. The van der Waals surface area contributed by atoms with Gasteiger partial charge < -0.3 is 5.32 Å². The third-order valence-electron chi connectivity index (χ3n) is 4.29. The molecule has 3 rings (SSSR count). The van der Waals surface area contributed by atoms with Gasteiger partial charge >= 0.3 is 0 Å². The lowest BCUT2D eigenvalue weighted by Crippen LogP contribution is -2.29. The van der Waals surface area contributed by atoms with Crippen molar-refractivity contribution in [3.05, 3.63) is 15.6 Å². The van der Waals surface area contributed by atoms with Crippen LogP contribution in [-0.2, 0) is 6.42 Å². The number of thiazole rings is 1. The van der Waals surface area contributed by atoms with Crippen LogP contribution in [0.2, 0.25) is 0 Å². The second kappa shape index (κ2) is 4.93. The van der Waals surface area contributed by atoms with Gasteiger partial charge in [0.25, 0.3) is 0 Å². The highest BCUT2D eigenvalue weighted by Crippen LogP contribution is 2.50. The predicted molar refractivity (Wildman–Crippen MR) is 77.5 cm³/mol. The van der Waals surface area contributed by atoms with Crippen LogP contribution in [0.1, 0.15) is 67.4 Å². The van der Waals surface area contributed by atoms with Crippen LogP contribution in [0.15, 0.2) is 0 Å². The van der Waals surface area contributed by atoms with Gasteiger partial charge in [0, 0.05) is 29.3 Å². The molecule has 2 aliphatic rings. The Morgan fingerprint density at radius 1 is 1.44 bits per heavy atom. The Morgan fingerprint density at radius 2 is 2.22 bits per heavy atom. The molecule has 0 bridgehead atoms. The lowest BCUT2D eigenvalue weighted by Gasteiger charge is -2.22. The number of nitrogens with one attached hydrogen (secondary N) is 1. The van der Waals surface area contributed by atoms with Gasteiger partial charge in [-0.25, -0.2) is 4.98 Å². The molecule has 0 aliphatic heterocycles. The maximum absolute atomic E-state index is 5.00. The van der Waals surface area contributed by atoms with Crippen LogP contribution in [0.4, 0.5) is 0 Å². The summed E-state index contributed by atoms with van der Waals surface area (Å²) in [5, 5.41) is 5.02. The van der Waals surface area contributed by atoms with Crippen LogP contribution in [0.25, 0.3) is 0 Å². The molecule has 1 aromatic rings. The Labute approximate surface area is 114 Å². The maximum atomic E-state index is 5.00. The van der Waals surface area contributed by atoms with E-state index in [1.165, 1.54) is 36.4 Å². The molecule has 2 aliphatic carbocycles. The van der Waals surface area contributed by atoms with E-state index in [0.29, 0.717) is 12.0 Å². The van der Waals surface area contributed by atoms with Crippen molar-refractivity contribution in [2.45, 2.75) is 64.3 Å². The number of aryl methyl sites for hydroxylation is 1. The summed E-state index contributed by atoms with van der Waals surface area (Å²) in [5.41, 5.74) is 1.44. The Morgan fingerprint density at radius 3 is 2.89 bits per heavy atom. The van der Waals surface area contributed by atoms with Crippen molar-refractivity contribution in [1.82, 2.24) is 10.3 Å². The summed E-state index contributed by atoms with van der Waals surface area (Å²) in [7, 11) is 0. The smallest absolute Gasteiger partial charge is 0.0964 e. The molecule has 0 radical (unpaired) electrons. The highest BCUT2D eigenvalue weighted by Gasteiger charge is 2.38. The summed E-state index contributed by atoms with van der Waals surface area (Å²) in [6, 6.07) is 0.580. The molecule has 1 N–H and O–H groups in total. The van der Waals surface area contributed by atoms with Gasteiger partial charge in [-0.05, 0) is 31.6 Å². The van der Waals surface area contributed by atoms with E-state index < -0.39 is 0 Å². The van der Waals surface area contributed by atoms with Gasteiger partial charge in [-0.15, -0.1) is 11.3 Å². The molecule has 0 amide bonds. The summed E-state index contributed by atoms with van der Waals surface area (Å²) < 4.78 is 0. The number of hydrogen-bond acceptors (Lipinski definition) is 3. The standard InChI is InChI=1S/C15H24N2S/c1-9(2)16-8-11-5-4-6-13-14(11)17-15(18-13)12-7-10(12)3/h9-12,16H,4-8H2,1-3H3. The van der Waals surface area contributed by atoms with Gasteiger partial charge in [-0.1, -0.05) is 20.8 Å². The Bertz CT molecular complexity index is 424. The van der Waals surface area contributed by atoms with Gasteiger partial charge in [0.15, 0.2) is 0 Å². The topological polar surface area (TPSA) is 24.9 Å². The third-order valence-corrected chi connectivity index (χ3v) is 5.55. The van der Waals surface area contributed by atoms with Crippen LogP contribution >= 0.6 is 11.3 Å². The molecule has 3 heteroatoms. The summed E-state index contributed by atoms with van der Waals surface area (Å²) in [4.78, 5) is 6.59. The van der Waals surface area contributed by atoms with E-state index in [9.17, 15) is 0 Å². The van der Waals surface area contributed by atoms with Crippen molar-refractivity contribution < 1.29 is 0 Å². The monoisotopic (exact) mass is 264 g/mol. The molecule has 3 unspecified atom stereocenters. The fraction of sp³-hybridized carbons (Fsp3) is 0.800. The van der Waals surface area contributed by atoms with E-state index in [2.05, 4.69) is 26.1 Å².